The Morgan fingerprint density at radius 1 is 1.45 bits per heavy atom. The van der Waals surface area contributed by atoms with Crippen molar-refractivity contribution in [2.75, 3.05) is 0 Å². The minimum Gasteiger partial charge on any atom is -0.348 e. The van der Waals surface area contributed by atoms with Gasteiger partial charge in [0.2, 0.25) is 0 Å². The average Bonchev–Trinajstić information content (AvgIpc) is 2.89. The number of benzene rings is 1. The maximum atomic E-state index is 13.1. The van der Waals surface area contributed by atoms with E-state index in [1.165, 1.54) is 17.5 Å². The number of halogens is 1. The fraction of sp³-hybridized carbons (Fsp3) is 0.154. The molecule has 0 spiro atoms. The molecule has 0 aliphatic heterocycles. The van der Waals surface area contributed by atoms with E-state index in [1.807, 2.05) is 0 Å². The fourth-order valence-electron chi connectivity index (χ4n) is 1.64. The molecule has 1 heterocycles. The number of amides is 1. The normalized spacial score (nSPS) is 10.3. The summed E-state index contributed by atoms with van der Waals surface area (Å²) in [7, 11) is 0. The first-order valence-electron chi connectivity index (χ1n) is 5.73. The third-order valence-electron chi connectivity index (χ3n) is 2.70. The molecule has 0 saturated carbocycles. The van der Waals surface area contributed by atoms with Crippen LogP contribution >= 0.6 is 11.3 Å². The fourth-order valence-corrected chi connectivity index (χ4v) is 2.34. The molecule has 104 valence electrons. The third-order valence-corrected chi connectivity index (χ3v) is 3.58. The zero-order chi connectivity index (χ0) is 14.7. The first-order valence-corrected chi connectivity index (χ1v) is 6.61. The van der Waals surface area contributed by atoms with Crippen LogP contribution in [0.15, 0.2) is 29.6 Å². The summed E-state index contributed by atoms with van der Waals surface area (Å²) in [5, 5.41) is 14.5. The monoisotopic (exact) mass is 294 g/mol. The maximum Gasteiger partial charge on any atom is 0.324 e. The second kappa shape index (κ2) is 5.79. The molecule has 0 saturated heterocycles. The first kappa shape index (κ1) is 14.1. The highest BCUT2D eigenvalue weighted by molar-refractivity contribution is 7.13. The molecule has 5 nitrogen and oxygen atoms in total. The lowest BCUT2D eigenvalue weighted by Gasteiger charge is -2.05. The van der Waals surface area contributed by atoms with Crippen LogP contribution in [0.1, 0.15) is 21.5 Å². The quantitative estimate of drug-likeness (QED) is 0.696. The van der Waals surface area contributed by atoms with Gasteiger partial charge in [-0.2, -0.15) is 0 Å². The largest absolute Gasteiger partial charge is 0.348 e. The van der Waals surface area contributed by atoms with Gasteiger partial charge >= 0.3 is 5.00 Å². The van der Waals surface area contributed by atoms with Crippen LogP contribution in [-0.2, 0) is 6.54 Å². The lowest BCUT2D eigenvalue weighted by molar-refractivity contribution is -0.380. The van der Waals surface area contributed by atoms with Crippen molar-refractivity contribution in [2.45, 2.75) is 13.5 Å². The first-order chi connectivity index (χ1) is 9.47. The summed E-state index contributed by atoms with van der Waals surface area (Å²) in [5.74, 6) is -0.690. The van der Waals surface area contributed by atoms with Crippen molar-refractivity contribution in [2.24, 2.45) is 0 Å². The average molecular weight is 294 g/mol. The predicted molar refractivity (Wildman–Crippen MR) is 73.3 cm³/mol. The number of hydrogen-bond acceptors (Lipinski definition) is 4. The van der Waals surface area contributed by atoms with Crippen molar-refractivity contribution in [1.82, 2.24) is 5.32 Å². The van der Waals surface area contributed by atoms with Gasteiger partial charge in [-0.3, -0.25) is 14.9 Å². The molecule has 2 aromatic rings. The van der Waals surface area contributed by atoms with Crippen LogP contribution in [0.3, 0.4) is 0 Å². The second-order valence-corrected chi connectivity index (χ2v) is 5.09. The molecule has 7 heteroatoms. The topological polar surface area (TPSA) is 72.2 Å². The molecule has 1 N–H and O–H groups in total. The smallest absolute Gasteiger partial charge is 0.324 e. The SMILES string of the molecule is Cc1cc(CNC(=O)c2csc([N+](=O)[O-])c2)ccc1F. The number of nitrogens with one attached hydrogen (secondary N) is 1. The molecule has 2 rings (SSSR count). The molecule has 0 radical (unpaired) electrons. The number of nitro groups is 1. The Bertz CT molecular complexity index is 669. The summed E-state index contributed by atoms with van der Waals surface area (Å²) in [5.41, 5.74) is 1.52. The van der Waals surface area contributed by atoms with E-state index in [0.717, 1.165) is 16.9 Å². The maximum absolute atomic E-state index is 13.1. The second-order valence-electron chi connectivity index (χ2n) is 4.20. The molecular formula is C13H11FN2O3S. The number of carbonyl (C=O) groups excluding carboxylic acids is 1. The van der Waals surface area contributed by atoms with E-state index in [4.69, 9.17) is 0 Å². The Balaban J connectivity index is 2.00. The van der Waals surface area contributed by atoms with E-state index in [2.05, 4.69) is 5.32 Å². The molecule has 0 atom stereocenters. The predicted octanol–water partition coefficient (Wildman–Crippen LogP) is 3.03. The van der Waals surface area contributed by atoms with E-state index in [1.54, 1.807) is 19.1 Å². The summed E-state index contributed by atoms with van der Waals surface area (Å²) in [4.78, 5) is 21.8. The molecule has 0 aliphatic carbocycles. The Morgan fingerprint density at radius 3 is 2.80 bits per heavy atom. The van der Waals surface area contributed by atoms with E-state index < -0.39 is 10.8 Å². The molecule has 0 bridgehead atoms. The van der Waals surface area contributed by atoms with Crippen LogP contribution in [0.25, 0.3) is 0 Å². The van der Waals surface area contributed by atoms with E-state index in [-0.39, 0.29) is 22.9 Å². The van der Waals surface area contributed by atoms with Gasteiger partial charge in [-0.25, -0.2) is 4.39 Å². The lowest BCUT2D eigenvalue weighted by Crippen LogP contribution is -2.22. The molecule has 0 fully saturated rings. The van der Waals surface area contributed by atoms with Crippen LogP contribution in [0.4, 0.5) is 9.39 Å². The van der Waals surface area contributed by atoms with Gasteiger partial charge in [0.1, 0.15) is 5.82 Å². The van der Waals surface area contributed by atoms with Crippen molar-refractivity contribution >= 4 is 22.2 Å². The molecule has 1 aromatic heterocycles. The summed E-state index contributed by atoms with van der Waals surface area (Å²) in [6.07, 6.45) is 0. The van der Waals surface area contributed by atoms with E-state index >= 15 is 0 Å². The Hall–Kier alpha value is -2.28. The number of hydrogen-bond donors (Lipinski definition) is 1. The number of carbonyl (C=O) groups is 1. The van der Waals surface area contributed by atoms with Crippen LogP contribution < -0.4 is 5.32 Å². The highest BCUT2D eigenvalue weighted by atomic mass is 32.1. The molecule has 0 aliphatic rings. The Labute approximate surface area is 118 Å². The Morgan fingerprint density at radius 2 is 2.20 bits per heavy atom. The van der Waals surface area contributed by atoms with Gasteiger partial charge < -0.3 is 5.32 Å². The van der Waals surface area contributed by atoms with Gasteiger partial charge in [0, 0.05) is 18.0 Å². The summed E-state index contributed by atoms with van der Waals surface area (Å²) in [6, 6.07) is 5.80. The van der Waals surface area contributed by atoms with Gasteiger partial charge in [-0.05, 0) is 24.1 Å². The molecule has 0 unspecified atom stereocenters. The van der Waals surface area contributed by atoms with Gasteiger partial charge in [-0.1, -0.05) is 23.5 Å². The minimum atomic E-state index is -0.537. The standard InChI is InChI=1S/C13H11FN2O3S/c1-8-4-9(2-3-11(8)14)6-15-13(17)10-5-12(16(18)19)20-7-10/h2-5,7H,6H2,1H3,(H,15,17). The van der Waals surface area contributed by atoms with Crippen molar-refractivity contribution < 1.29 is 14.1 Å². The zero-order valence-corrected chi connectivity index (χ0v) is 11.4. The Kier molecular flexibility index (Phi) is 4.09. The van der Waals surface area contributed by atoms with Crippen molar-refractivity contribution in [3.8, 4) is 0 Å². The van der Waals surface area contributed by atoms with Crippen LogP contribution in [0.2, 0.25) is 0 Å². The van der Waals surface area contributed by atoms with Crippen molar-refractivity contribution in [1.29, 1.82) is 0 Å². The van der Waals surface area contributed by atoms with Crippen molar-refractivity contribution in [3.05, 3.63) is 62.3 Å². The van der Waals surface area contributed by atoms with Gasteiger partial charge in [-0.15, -0.1) is 0 Å². The summed E-state index contributed by atoms with van der Waals surface area (Å²) >= 11 is 0.903. The van der Waals surface area contributed by atoms with Gasteiger partial charge in [0.15, 0.2) is 0 Å². The molecular weight excluding hydrogens is 283 g/mol. The molecule has 20 heavy (non-hydrogen) atoms. The number of nitrogens with zero attached hydrogens (tertiary/aromatic N) is 1. The lowest BCUT2D eigenvalue weighted by atomic mass is 10.1. The zero-order valence-electron chi connectivity index (χ0n) is 10.6. The highest BCUT2D eigenvalue weighted by Crippen LogP contribution is 2.22. The van der Waals surface area contributed by atoms with Gasteiger partial charge in [0.05, 0.1) is 10.5 Å². The highest BCUT2D eigenvalue weighted by Gasteiger charge is 2.14. The van der Waals surface area contributed by atoms with Crippen LogP contribution in [0, 0.1) is 22.9 Å². The van der Waals surface area contributed by atoms with E-state index in [0.29, 0.717) is 5.56 Å². The summed E-state index contributed by atoms with van der Waals surface area (Å²) < 4.78 is 13.1. The molecule has 1 aromatic carbocycles. The van der Waals surface area contributed by atoms with E-state index in [9.17, 15) is 19.3 Å². The van der Waals surface area contributed by atoms with Crippen LogP contribution in [0.5, 0.6) is 0 Å². The van der Waals surface area contributed by atoms with Crippen molar-refractivity contribution in [3.63, 3.8) is 0 Å². The van der Waals surface area contributed by atoms with Crippen LogP contribution in [-0.4, -0.2) is 10.8 Å². The molecule has 1 amide bonds. The summed E-state index contributed by atoms with van der Waals surface area (Å²) in [6.45, 7) is 1.88. The third kappa shape index (κ3) is 3.18. The number of rotatable bonds is 4. The van der Waals surface area contributed by atoms with Gasteiger partial charge in [0.25, 0.3) is 5.91 Å². The minimum absolute atomic E-state index is 0.0761. The number of thiophene rings is 1. The number of aryl methyl sites for hydroxylation is 1.